The highest BCUT2D eigenvalue weighted by Gasteiger charge is 2.25. The van der Waals surface area contributed by atoms with Crippen LogP contribution in [0, 0.1) is 0 Å². The number of hydrogen-bond acceptors (Lipinski definition) is 3. The van der Waals surface area contributed by atoms with Crippen LogP contribution in [-0.4, -0.2) is 49.3 Å². The Morgan fingerprint density at radius 2 is 2.07 bits per heavy atom. The molecule has 0 aliphatic carbocycles. The number of nitrogens with one attached hydrogen (secondary N) is 1. The fourth-order valence-corrected chi connectivity index (χ4v) is 3.54. The molecule has 27 heavy (non-hydrogen) atoms. The van der Waals surface area contributed by atoms with Crippen LogP contribution in [0.2, 0.25) is 0 Å². The molecule has 0 aromatic heterocycles. The molecule has 5 nitrogen and oxygen atoms in total. The lowest BCUT2D eigenvalue weighted by Gasteiger charge is -2.22. The molecule has 2 N–H and O–H groups in total. The Morgan fingerprint density at radius 3 is 2.78 bits per heavy atom. The second-order valence-electron chi connectivity index (χ2n) is 6.82. The average molecular weight is 367 g/mol. The molecule has 3 rings (SSSR count). The molecule has 1 unspecified atom stereocenters. The predicted molar refractivity (Wildman–Crippen MR) is 110 cm³/mol. The molecule has 0 amide bonds. The van der Waals surface area contributed by atoms with Gasteiger partial charge < -0.3 is 20.1 Å². The Balaban J connectivity index is 1.61. The smallest absolute Gasteiger partial charge is 0.193 e. The van der Waals surface area contributed by atoms with Crippen molar-refractivity contribution in [2.24, 2.45) is 4.99 Å². The third-order valence-electron chi connectivity index (χ3n) is 5.03. The number of likely N-dealkylation sites (tertiary alicyclic amines) is 1. The van der Waals surface area contributed by atoms with Crippen molar-refractivity contribution in [1.82, 2.24) is 10.2 Å². The molecule has 1 atom stereocenters. The first-order valence-electron chi connectivity index (χ1n) is 9.65. The van der Waals surface area contributed by atoms with Crippen LogP contribution in [0.25, 0.3) is 0 Å². The number of rotatable bonds is 6. The first-order valence-corrected chi connectivity index (χ1v) is 9.65. The number of guanidine groups is 1. The van der Waals surface area contributed by atoms with Crippen LogP contribution in [-0.2, 0) is 6.42 Å². The molecule has 1 saturated heterocycles. The van der Waals surface area contributed by atoms with Gasteiger partial charge in [-0.15, -0.1) is 0 Å². The Labute approximate surface area is 161 Å². The van der Waals surface area contributed by atoms with Gasteiger partial charge in [-0.1, -0.05) is 36.4 Å². The first kappa shape index (κ1) is 19.1. The van der Waals surface area contributed by atoms with Gasteiger partial charge in [0.2, 0.25) is 0 Å². The van der Waals surface area contributed by atoms with E-state index in [0.717, 1.165) is 37.6 Å². The Hall–Kier alpha value is -2.69. The van der Waals surface area contributed by atoms with Gasteiger partial charge in [0.05, 0.1) is 7.11 Å². The average Bonchev–Trinajstić information content (AvgIpc) is 3.19. The largest absolute Gasteiger partial charge is 0.508 e. The molecule has 144 valence electrons. The summed E-state index contributed by atoms with van der Waals surface area (Å²) in [6.07, 6.45) is 1.84. The topological polar surface area (TPSA) is 57.1 Å². The van der Waals surface area contributed by atoms with Crippen molar-refractivity contribution in [3.63, 3.8) is 0 Å². The standard InChI is InChI=1S/C22H29N3O2/c1-3-23-22(24-13-11-18-9-10-20(27-2)15-21(18)26)25-14-12-19(16-25)17-7-5-4-6-8-17/h4-10,15,19,26H,3,11-14,16H2,1-2H3,(H,23,24). The predicted octanol–water partition coefficient (Wildman–Crippen LogP) is 3.40. The molecule has 1 fully saturated rings. The van der Waals surface area contributed by atoms with E-state index >= 15 is 0 Å². The summed E-state index contributed by atoms with van der Waals surface area (Å²) < 4.78 is 5.13. The van der Waals surface area contributed by atoms with Gasteiger partial charge in [0.25, 0.3) is 0 Å². The normalized spacial score (nSPS) is 17.2. The van der Waals surface area contributed by atoms with Crippen LogP contribution in [0.4, 0.5) is 0 Å². The van der Waals surface area contributed by atoms with E-state index < -0.39 is 0 Å². The Kier molecular flexibility index (Phi) is 6.58. The van der Waals surface area contributed by atoms with Crippen LogP contribution in [0.3, 0.4) is 0 Å². The van der Waals surface area contributed by atoms with Crippen LogP contribution in [0.5, 0.6) is 11.5 Å². The zero-order valence-electron chi connectivity index (χ0n) is 16.2. The fraction of sp³-hybridized carbons (Fsp3) is 0.409. The molecule has 0 radical (unpaired) electrons. The summed E-state index contributed by atoms with van der Waals surface area (Å²) in [5, 5.41) is 13.5. The second kappa shape index (κ2) is 9.31. The number of aromatic hydroxyl groups is 1. The number of phenols is 1. The molecule has 1 aliphatic rings. The quantitative estimate of drug-likeness (QED) is 0.607. The van der Waals surface area contributed by atoms with Gasteiger partial charge in [0, 0.05) is 38.2 Å². The number of ether oxygens (including phenoxy) is 1. The number of benzene rings is 2. The minimum Gasteiger partial charge on any atom is -0.508 e. The first-order chi connectivity index (χ1) is 13.2. The van der Waals surface area contributed by atoms with E-state index in [4.69, 9.17) is 9.73 Å². The fourth-order valence-electron chi connectivity index (χ4n) is 3.54. The lowest BCUT2D eigenvalue weighted by atomic mass is 9.99. The lowest BCUT2D eigenvalue weighted by Crippen LogP contribution is -2.40. The van der Waals surface area contributed by atoms with Gasteiger partial charge in [0.1, 0.15) is 11.5 Å². The molecule has 0 saturated carbocycles. The number of aliphatic imine (C=N–C) groups is 1. The number of nitrogens with zero attached hydrogens (tertiary/aromatic N) is 2. The van der Waals surface area contributed by atoms with Crippen LogP contribution >= 0.6 is 0 Å². The summed E-state index contributed by atoms with van der Waals surface area (Å²) >= 11 is 0. The molecule has 2 aromatic rings. The third-order valence-corrected chi connectivity index (χ3v) is 5.03. The van der Waals surface area contributed by atoms with Crippen molar-refractivity contribution in [2.45, 2.75) is 25.7 Å². The monoisotopic (exact) mass is 367 g/mol. The molecule has 0 bridgehead atoms. The summed E-state index contributed by atoms with van der Waals surface area (Å²) in [4.78, 5) is 7.13. The van der Waals surface area contributed by atoms with E-state index in [-0.39, 0.29) is 5.75 Å². The zero-order chi connectivity index (χ0) is 19.1. The molecule has 0 spiro atoms. The van der Waals surface area contributed by atoms with Crippen LogP contribution in [0.1, 0.15) is 30.4 Å². The molecule has 1 aliphatic heterocycles. The summed E-state index contributed by atoms with van der Waals surface area (Å²) in [6, 6.07) is 16.1. The SMILES string of the molecule is CCNC(=NCCc1ccc(OC)cc1O)N1CCC(c2ccccc2)C1. The van der Waals surface area contributed by atoms with Crippen molar-refractivity contribution in [1.29, 1.82) is 0 Å². The van der Waals surface area contributed by atoms with Crippen LogP contribution in [0.15, 0.2) is 53.5 Å². The van der Waals surface area contributed by atoms with Gasteiger partial charge in [-0.05, 0) is 37.0 Å². The second-order valence-corrected chi connectivity index (χ2v) is 6.82. The Bertz CT molecular complexity index is 761. The summed E-state index contributed by atoms with van der Waals surface area (Å²) in [5.41, 5.74) is 2.29. The van der Waals surface area contributed by atoms with Crippen molar-refractivity contribution in [2.75, 3.05) is 33.3 Å². The van der Waals surface area contributed by atoms with Gasteiger partial charge in [0.15, 0.2) is 5.96 Å². The number of hydrogen-bond donors (Lipinski definition) is 2. The lowest BCUT2D eigenvalue weighted by molar-refractivity contribution is 0.406. The van der Waals surface area contributed by atoms with E-state index in [1.54, 1.807) is 13.2 Å². The highest BCUT2D eigenvalue weighted by molar-refractivity contribution is 5.80. The number of methoxy groups -OCH3 is 1. The van der Waals surface area contributed by atoms with Gasteiger partial charge in [-0.25, -0.2) is 0 Å². The van der Waals surface area contributed by atoms with E-state index in [0.29, 0.717) is 24.6 Å². The minimum atomic E-state index is 0.264. The highest BCUT2D eigenvalue weighted by Crippen LogP contribution is 2.27. The van der Waals surface area contributed by atoms with Gasteiger partial charge in [-0.2, -0.15) is 0 Å². The number of phenolic OH excluding ortho intramolecular Hbond substituents is 1. The molecular weight excluding hydrogens is 338 g/mol. The summed E-state index contributed by atoms with van der Waals surface area (Å²) in [7, 11) is 1.60. The maximum atomic E-state index is 10.1. The maximum Gasteiger partial charge on any atom is 0.193 e. The van der Waals surface area contributed by atoms with E-state index in [1.807, 2.05) is 12.1 Å². The van der Waals surface area contributed by atoms with E-state index in [1.165, 1.54) is 5.56 Å². The summed E-state index contributed by atoms with van der Waals surface area (Å²) in [5.74, 6) is 2.45. The van der Waals surface area contributed by atoms with Crippen molar-refractivity contribution < 1.29 is 9.84 Å². The van der Waals surface area contributed by atoms with E-state index in [2.05, 4.69) is 47.5 Å². The maximum absolute atomic E-state index is 10.1. The highest BCUT2D eigenvalue weighted by atomic mass is 16.5. The molecular formula is C22H29N3O2. The van der Waals surface area contributed by atoms with Crippen molar-refractivity contribution in [3.05, 3.63) is 59.7 Å². The van der Waals surface area contributed by atoms with Crippen molar-refractivity contribution in [3.8, 4) is 11.5 Å². The molecule has 2 aromatic carbocycles. The van der Waals surface area contributed by atoms with Gasteiger partial charge in [-0.3, -0.25) is 4.99 Å². The molecule has 5 heteroatoms. The molecule has 1 heterocycles. The van der Waals surface area contributed by atoms with Crippen molar-refractivity contribution >= 4 is 5.96 Å². The van der Waals surface area contributed by atoms with Crippen LogP contribution < -0.4 is 10.1 Å². The van der Waals surface area contributed by atoms with E-state index in [9.17, 15) is 5.11 Å². The van der Waals surface area contributed by atoms with Gasteiger partial charge >= 0.3 is 0 Å². The minimum absolute atomic E-state index is 0.264. The summed E-state index contributed by atoms with van der Waals surface area (Å²) in [6.45, 7) is 5.58. The third kappa shape index (κ3) is 4.94. The Morgan fingerprint density at radius 1 is 1.26 bits per heavy atom. The zero-order valence-corrected chi connectivity index (χ0v) is 16.2.